The summed E-state index contributed by atoms with van der Waals surface area (Å²) in [5, 5.41) is 0. The second kappa shape index (κ2) is 6.17. The topological polar surface area (TPSA) is 38.0 Å². The highest BCUT2D eigenvalue weighted by Gasteiger charge is 2.13. The third-order valence-electron chi connectivity index (χ3n) is 2.82. The highest BCUT2D eigenvalue weighted by molar-refractivity contribution is 5.12. The van der Waals surface area contributed by atoms with Gasteiger partial charge in [-0.1, -0.05) is 31.4 Å². The first kappa shape index (κ1) is 10.7. The maximum Gasteiger partial charge on any atom is 0.0419 e. The van der Waals surface area contributed by atoms with Gasteiger partial charge < -0.3 is 0 Å². The fourth-order valence-electron chi connectivity index (χ4n) is 1.96. The highest BCUT2D eigenvalue weighted by Crippen LogP contribution is 2.22. The SMILES string of the molecule is CCCCC(NN)C1=CCCCC1. The number of hydrogen-bond donors (Lipinski definition) is 2. The summed E-state index contributed by atoms with van der Waals surface area (Å²) in [5.74, 6) is 5.55. The molecule has 0 aromatic heterocycles. The molecule has 76 valence electrons. The summed E-state index contributed by atoms with van der Waals surface area (Å²) in [5.41, 5.74) is 4.48. The Labute approximate surface area is 81.6 Å². The van der Waals surface area contributed by atoms with Gasteiger partial charge in [0.15, 0.2) is 0 Å². The van der Waals surface area contributed by atoms with Crippen LogP contribution in [0.25, 0.3) is 0 Å². The smallest absolute Gasteiger partial charge is 0.0419 e. The van der Waals surface area contributed by atoms with Gasteiger partial charge in [0.1, 0.15) is 0 Å². The van der Waals surface area contributed by atoms with Crippen LogP contribution in [0.2, 0.25) is 0 Å². The van der Waals surface area contributed by atoms with E-state index in [1.54, 1.807) is 5.57 Å². The van der Waals surface area contributed by atoms with Gasteiger partial charge in [0.05, 0.1) is 0 Å². The number of hydrogen-bond acceptors (Lipinski definition) is 2. The maximum absolute atomic E-state index is 5.55. The molecule has 1 aliphatic rings. The Hall–Kier alpha value is -0.340. The Morgan fingerprint density at radius 1 is 1.54 bits per heavy atom. The molecule has 1 unspecified atom stereocenters. The van der Waals surface area contributed by atoms with Gasteiger partial charge in [-0.3, -0.25) is 11.3 Å². The lowest BCUT2D eigenvalue weighted by atomic mass is 9.91. The van der Waals surface area contributed by atoms with Crippen LogP contribution < -0.4 is 11.3 Å². The first-order chi connectivity index (χ1) is 6.38. The Kier molecular flexibility index (Phi) is 5.09. The summed E-state index contributed by atoms with van der Waals surface area (Å²) in [6.07, 6.45) is 11.3. The van der Waals surface area contributed by atoms with E-state index in [4.69, 9.17) is 5.84 Å². The van der Waals surface area contributed by atoms with Crippen molar-refractivity contribution in [2.24, 2.45) is 5.84 Å². The summed E-state index contributed by atoms with van der Waals surface area (Å²) >= 11 is 0. The standard InChI is InChI=1S/C11H22N2/c1-2-3-9-11(13-12)10-7-5-4-6-8-10/h7,11,13H,2-6,8-9,12H2,1H3. The van der Waals surface area contributed by atoms with Crippen molar-refractivity contribution in [3.8, 4) is 0 Å². The zero-order valence-corrected chi connectivity index (χ0v) is 8.68. The van der Waals surface area contributed by atoms with Crippen molar-refractivity contribution in [1.29, 1.82) is 0 Å². The summed E-state index contributed by atoms with van der Waals surface area (Å²) in [6, 6.07) is 0.445. The van der Waals surface area contributed by atoms with Crippen LogP contribution in [0.3, 0.4) is 0 Å². The molecule has 0 aromatic rings. The second-order valence-corrected chi connectivity index (χ2v) is 3.89. The van der Waals surface area contributed by atoms with E-state index in [0.29, 0.717) is 6.04 Å². The highest BCUT2D eigenvalue weighted by atomic mass is 15.2. The minimum Gasteiger partial charge on any atom is -0.271 e. The van der Waals surface area contributed by atoms with E-state index in [0.717, 1.165) is 0 Å². The lowest BCUT2D eigenvalue weighted by Crippen LogP contribution is -2.37. The molecule has 0 saturated carbocycles. The molecule has 1 aliphatic carbocycles. The summed E-state index contributed by atoms with van der Waals surface area (Å²) in [4.78, 5) is 0. The molecule has 0 amide bonds. The summed E-state index contributed by atoms with van der Waals surface area (Å²) < 4.78 is 0. The molecule has 3 N–H and O–H groups in total. The molecule has 0 aliphatic heterocycles. The third kappa shape index (κ3) is 3.49. The van der Waals surface area contributed by atoms with Gasteiger partial charge in [-0.15, -0.1) is 0 Å². The average molecular weight is 182 g/mol. The van der Waals surface area contributed by atoms with Gasteiger partial charge in [0.2, 0.25) is 0 Å². The molecular formula is C11H22N2. The van der Waals surface area contributed by atoms with Crippen molar-refractivity contribution in [2.45, 2.75) is 57.9 Å². The molecule has 2 nitrogen and oxygen atoms in total. The third-order valence-corrected chi connectivity index (χ3v) is 2.82. The van der Waals surface area contributed by atoms with E-state index in [1.807, 2.05) is 0 Å². The lowest BCUT2D eigenvalue weighted by Gasteiger charge is -2.22. The van der Waals surface area contributed by atoms with Crippen molar-refractivity contribution >= 4 is 0 Å². The molecule has 0 saturated heterocycles. The van der Waals surface area contributed by atoms with E-state index < -0.39 is 0 Å². The van der Waals surface area contributed by atoms with Crippen molar-refractivity contribution in [3.63, 3.8) is 0 Å². The second-order valence-electron chi connectivity index (χ2n) is 3.89. The Balaban J connectivity index is 2.39. The van der Waals surface area contributed by atoms with Gasteiger partial charge in [-0.25, -0.2) is 0 Å². The fourth-order valence-corrected chi connectivity index (χ4v) is 1.96. The van der Waals surface area contributed by atoms with Gasteiger partial charge >= 0.3 is 0 Å². The van der Waals surface area contributed by atoms with Crippen LogP contribution in [-0.2, 0) is 0 Å². The van der Waals surface area contributed by atoms with Gasteiger partial charge in [0.25, 0.3) is 0 Å². The van der Waals surface area contributed by atoms with Crippen molar-refractivity contribution in [1.82, 2.24) is 5.43 Å². The van der Waals surface area contributed by atoms with Gasteiger partial charge in [-0.2, -0.15) is 0 Å². The van der Waals surface area contributed by atoms with E-state index >= 15 is 0 Å². The molecule has 2 heteroatoms. The van der Waals surface area contributed by atoms with Crippen LogP contribution in [0.5, 0.6) is 0 Å². The zero-order valence-electron chi connectivity index (χ0n) is 8.68. The Morgan fingerprint density at radius 2 is 2.38 bits per heavy atom. The summed E-state index contributed by atoms with van der Waals surface area (Å²) in [6.45, 7) is 2.23. The number of allylic oxidation sites excluding steroid dienone is 1. The molecule has 0 bridgehead atoms. The first-order valence-corrected chi connectivity index (χ1v) is 5.53. The largest absolute Gasteiger partial charge is 0.271 e. The van der Waals surface area contributed by atoms with Crippen molar-refractivity contribution < 1.29 is 0 Å². The molecule has 1 atom stereocenters. The predicted octanol–water partition coefficient (Wildman–Crippen LogP) is 2.51. The van der Waals surface area contributed by atoms with Crippen LogP contribution in [0.4, 0.5) is 0 Å². The van der Waals surface area contributed by atoms with E-state index in [-0.39, 0.29) is 0 Å². The molecule has 0 aromatic carbocycles. The monoisotopic (exact) mass is 182 g/mol. The fraction of sp³-hybridized carbons (Fsp3) is 0.818. The van der Waals surface area contributed by atoms with Crippen LogP contribution in [0.15, 0.2) is 11.6 Å². The molecular weight excluding hydrogens is 160 g/mol. The normalized spacial score (nSPS) is 19.7. The molecule has 1 rings (SSSR count). The minimum atomic E-state index is 0.445. The summed E-state index contributed by atoms with van der Waals surface area (Å²) in [7, 11) is 0. The van der Waals surface area contributed by atoms with E-state index in [9.17, 15) is 0 Å². The number of rotatable bonds is 5. The average Bonchev–Trinajstić information content (AvgIpc) is 2.21. The zero-order chi connectivity index (χ0) is 9.52. The number of nitrogens with two attached hydrogens (primary N) is 1. The quantitative estimate of drug-likeness (QED) is 0.389. The number of nitrogens with one attached hydrogen (secondary N) is 1. The van der Waals surface area contributed by atoms with Gasteiger partial charge in [-0.05, 0) is 32.1 Å². The molecule has 0 spiro atoms. The van der Waals surface area contributed by atoms with Crippen LogP contribution in [-0.4, -0.2) is 6.04 Å². The van der Waals surface area contributed by atoms with Crippen molar-refractivity contribution in [3.05, 3.63) is 11.6 Å². The van der Waals surface area contributed by atoms with Gasteiger partial charge in [0, 0.05) is 6.04 Å². The van der Waals surface area contributed by atoms with Crippen LogP contribution >= 0.6 is 0 Å². The van der Waals surface area contributed by atoms with E-state index in [2.05, 4.69) is 18.4 Å². The molecule has 0 fully saturated rings. The predicted molar refractivity (Wildman–Crippen MR) is 57.2 cm³/mol. The number of hydrazine groups is 1. The van der Waals surface area contributed by atoms with Crippen molar-refractivity contribution in [2.75, 3.05) is 0 Å². The van der Waals surface area contributed by atoms with Crippen LogP contribution in [0, 0.1) is 0 Å². The molecule has 0 radical (unpaired) electrons. The molecule has 13 heavy (non-hydrogen) atoms. The Bertz CT molecular complexity index is 163. The first-order valence-electron chi connectivity index (χ1n) is 5.53. The minimum absolute atomic E-state index is 0.445. The Morgan fingerprint density at radius 3 is 2.92 bits per heavy atom. The lowest BCUT2D eigenvalue weighted by molar-refractivity contribution is 0.498. The molecule has 0 heterocycles. The maximum atomic E-state index is 5.55. The number of unbranched alkanes of at least 4 members (excludes halogenated alkanes) is 1. The van der Waals surface area contributed by atoms with E-state index in [1.165, 1.54) is 44.9 Å². The van der Waals surface area contributed by atoms with Crippen LogP contribution in [0.1, 0.15) is 51.9 Å².